The Morgan fingerprint density at radius 1 is 0.783 bits per heavy atom. The predicted octanol–water partition coefficient (Wildman–Crippen LogP) is 4.58. The molecule has 2 heterocycles. The molecule has 4 rings (SSSR count). The standard InChI is InChI=1S/C20H15NOS/c22-20(19-11-6-14-23-19,16-8-2-1-3-9-16)18-13-12-15-7-4-5-10-17(15)21-18/h1-14,22H/t20-/m0/s1. The van der Waals surface area contributed by atoms with E-state index in [1.807, 2.05) is 84.2 Å². The molecule has 0 bridgehead atoms. The Morgan fingerprint density at radius 3 is 2.35 bits per heavy atom. The third kappa shape index (κ3) is 2.34. The first-order valence-electron chi connectivity index (χ1n) is 7.46. The molecule has 1 atom stereocenters. The molecule has 2 aromatic carbocycles. The molecule has 1 N–H and O–H groups in total. The van der Waals surface area contributed by atoms with Gasteiger partial charge in [-0.2, -0.15) is 0 Å². The van der Waals surface area contributed by atoms with Gasteiger partial charge < -0.3 is 5.11 Å². The van der Waals surface area contributed by atoms with Crippen LogP contribution in [0.25, 0.3) is 10.9 Å². The molecule has 0 spiro atoms. The smallest absolute Gasteiger partial charge is 0.166 e. The third-order valence-corrected chi connectivity index (χ3v) is 5.02. The molecule has 0 saturated heterocycles. The molecule has 2 aromatic heterocycles. The van der Waals surface area contributed by atoms with Crippen molar-refractivity contribution in [2.24, 2.45) is 0 Å². The zero-order chi connectivity index (χ0) is 15.7. The van der Waals surface area contributed by atoms with Gasteiger partial charge in [-0.3, -0.25) is 0 Å². The van der Waals surface area contributed by atoms with Crippen LogP contribution < -0.4 is 0 Å². The Bertz CT molecular complexity index is 934. The summed E-state index contributed by atoms with van der Waals surface area (Å²) in [7, 11) is 0. The number of nitrogens with zero attached hydrogens (tertiary/aromatic N) is 1. The second-order valence-corrected chi connectivity index (χ2v) is 6.39. The number of hydrogen-bond donors (Lipinski definition) is 1. The SMILES string of the molecule is O[C@@](c1ccccc1)(c1ccc2ccccc2n1)c1cccs1. The summed E-state index contributed by atoms with van der Waals surface area (Å²) >= 11 is 1.53. The lowest BCUT2D eigenvalue weighted by Gasteiger charge is -2.27. The van der Waals surface area contributed by atoms with E-state index in [1.54, 1.807) is 0 Å². The van der Waals surface area contributed by atoms with Crippen molar-refractivity contribution in [3.05, 3.63) is 100 Å². The minimum atomic E-state index is -1.24. The van der Waals surface area contributed by atoms with Crippen molar-refractivity contribution in [2.75, 3.05) is 0 Å². The van der Waals surface area contributed by atoms with Crippen molar-refractivity contribution in [2.45, 2.75) is 5.60 Å². The van der Waals surface area contributed by atoms with Crippen LogP contribution in [-0.2, 0) is 5.60 Å². The highest BCUT2D eigenvalue weighted by molar-refractivity contribution is 7.10. The zero-order valence-corrected chi connectivity index (χ0v) is 13.2. The molecule has 0 radical (unpaired) electrons. The Morgan fingerprint density at radius 2 is 1.57 bits per heavy atom. The molecular weight excluding hydrogens is 302 g/mol. The largest absolute Gasteiger partial charge is 0.374 e. The first-order valence-corrected chi connectivity index (χ1v) is 8.34. The van der Waals surface area contributed by atoms with E-state index in [2.05, 4.69) is 0 Å². The Kier molecular flexibility index (Phi) is 3.45. The summed E-state index contributed by atoms with van der Waals surface area (Å²) < 4.78 is 0. The molecule has 0 aliphatic rings. The summed E-state index contributed by atoms with van der Waals surface area (Å²) in [5.41, 5.74) is 1.12. The van der Waals surface area contributed by atoms with Crippen LogP contribution in [0.5, 0.6) is 0 Å². The summed E-state index contributed by atoms with van der Waals surface area (Å²) in [5, 5.41) is 14.7. The van der Waals surface area contributed by atoms with Crippen LogP contribution in [0.2, 0.25) is 0 Å². The summed E-state index contributed by atoms with van der Waals surface area (Å²) in [4.78, 5) is 5.60. The van der Waals surface area contributed by atoms with Gasteiger partial charge in [-0.05, 0) is 29.1 Å². The Hall–Kier alpha value is -2.49. The lowest BCUT2D eigenvalue weighted by Crippen LogP contribution is -2.28. The molecule has 0 unspecified atom stereocenters. The number of aliphatic hydroxyl groups is 1. The van der Waals surface area contributed by atoms with Crippen molar-refractivity contribution in [3.8, 4) is 0 Å². The molecule has 0 aliphatic heterocycles. The molecule has 2 nitrogen and oxygen atoms in total. The van der Waals surface area contributed by atoms with Crippen molar-refractivity contribution >= 4 is 22.2 Å². The Labute approximate surface area is 138 Å². The molecule has 0 fully saturated rings. The predicted molar refractivity (Wildman–Crippen MR) is 94.6 cm³/mol. The summed E-state index contributed by atoms with van der Waals surface area (Å²) in [5.74, 6) is 0. The molecule has 3 heteroatoms. The molecule has 0 aliphatic carbocycles. The van der Waals surface area contributed by atoms with E-state index >= 15 is 0 Å². The van der Waals surface area contributed by atoms with Gasteiger partial charge in [0.05, 0.1) is 11.2 Å². The average Bonchev–Trinajstić information content (AvgIpc) is 3.16. The van der Waals surface area contributed by atoms with Gasteiger partial charge >= 0.3 is 0 Å². The number of aromatic nitrogens is 1. The molecule has 112 valence electrons. The first-order chi connectivity index (χ1) is 11.3. The summed E-state index contributed by atoms with van der Waals surface area (Å²) in [6.07, 6.45) is 0. The summed E-state index contributed by atoms with van der Waals surface area (Å²) in [6.45, 7) is 0. The minimum Gasteiger partial charge on any atom is -0.374 e. The van der Waals surface area contributed by atoms with Gasteiger partial charge in [0.15, 0.2) is 5.60 Å². The number of rotatable bonds is 3. The summed E-state index contributed by atoms with van der Waals surface area (Å²) in [6, 6.07) is 25.5. The highest BCUT2D eigenvalue weighted by atomic mass is 32.1. The quantitative estimate of drug-likeness (QED) is 0.600. The number of benzene rings is 2. The first kappa shape index (κ1) is 14.1. The van der Waals surface area contributed by atoms with Crippen LogP contribution in [0.3, 0.4) is 0 Å². The Balaban J connectivity index is 1.98. The van der Waals surface area contributed by atoms with E-state index in [0.29, 0.717) is 5.69 Å². The topological polar surface area (TPSA) is 33.1 Å². The molecule has 0 saturated carbocycles. The van der Waals surface area contributed by atoms with Gasteiger partial charge in [0, 0.05) is 10.3 Å². The van der Waals surface area contributed by atoms with Crippen molar-refractivity contribution < 1.29 is 5.11 Å². The fourth-order valence-corrected chi connectivity index (χ4v) is 3.70. The molecule has 23 heavy (non-hydrogen) atoms. The van der Waals surface area contributed by atoms with E-state index in [-0.39, 0.29) is 0 Å². The minimum absolute atomic E-state index is 0.643. The van der Waals surface area contributed by atoms with Crippen LogP contribution in [0.4, 0.5) is 0 Å². The maximum atomic E-state index is 11.6. The average molecular weight is 317 g/mol. The lowest BCUT2D eigenvalue weighted by molar-refractivity contribution is 0.125. The van der Waals surface area contributed by atoms with Gasteiger partial charge in [0.2, 0.25) is 0 Å². The van der Waals surface area contributed by atoms with Crippen LogP contribution >= 0.6 is 11.3 Å². The number of thiophene rings is 1. The highest BCUT2D eigenvalue weighted by Gasteiger charge is 2.36. The zero-order valence-electron chi connectivity index (χ0n) is 12.4. The van der Waals surface area contributed by atoms with Gasteiger partial charge in [-0.15, -0.1) is 11.3 Å². The molecule has 0 amide bonds. The second-order valence-electron chi connectivity index (χ2n) is 5.44. The van der Waals surface area contributed by atoms with Crippen LogP contribution in [0.15, 0.2) is 84.2 Å². The number of hydrogen-bond acceptors (Lipinski definition) is 3. The van der Waals surface area contributed by atoms with Crippen LogP contribution in [0.1, 0.15) is 16.1 Å². The highest BCUT2D eigenvalue weighted by Crippen LogP contribution is 2.38. The van der Waals surface area contributed by atoms with E-state index in [4.69, 9.17) is 4.98 Å². The van der Waals surface area contributed by atoms with Gasteiger partial charge in [0.1, 0.15) is 0 Å². The fourth-order valence-electron chi connectivity index (χ4n) is 2.85. The monoisotopic (exact) mass is 317 g/mol. The van der Waals surface area contributed by atoms with Gasteiger partial charge in [0.25, 0.3) is 0 Å². The maximum Gasteiger partial charge on any atom is 0.166 e. The van der Waals surface area contributed by atoms with E-state index in [9.17, 15) is 5.11 Å². The van der Waals surface area contributed by atoms with Crippen molar-refractivity contribution in [1.29, 1.82) is 0 Å². The van der Waals surface area contributed by atoms with Gasteiger partial charge in [-0.25, -0.2) is 4.98 Å². The van der Waals surface area contributed by atoms with E-state index in [1.165, 1.54) is 11.3 Å². The molecular formula is C20H15NOS. The van der Waals surface area contributed by atoms with Crippen LogP contribution in [0, 0.1) is 0 Å². The second kappa shape index (κ2) is 5.61. The van der Waals surface area contributed by atoms with E-state index < -0.39 is 5.60 Å². The fraction of sp³-hybridized carbons (Fsp3) is 0.0500. The number of pyridine rings is 1. The third-order valence-electron chi connectivity index (χ3n) is 4.04. The van der Waals surface area contributed by atoms with Crippen molar-refractivity contribution in [1.82, 2.24) is 4.98 Å². The molecule has 4 aromatic rings. The number of para-hydroxylation sites is 1. The number of fused-ring (bicyclic) bond motifs is 1. The van der Waals surface area contributed by atoms with Crippen LogP contribution in [-0.4, -0.2) is 10.1 Å². The maximum absolute atomic E-state index is 11.6. The van der Waals surface area contributed by atoms with Gasteiger partial charge in [-0.1, -0.05) is 60.7 Å². The van der Waals surface area contributed by atoms with Crippen molar-refractivity contribution in [3.63, 3.8) is 0 Å². The lowest BCUT2D eigenvalue weighted by atomic mass is 9.88. The van der Waals surface area contributed by atoms with E-state index in [0.717, 1.165) is 21.3 Å². The normalized spacial score (nSPS) is 13.8.